The van der Waals surface area contributed by atoms with Crippen molar-refractivity contribution in [3.8, 4) is 5.75 Å². The van der Waals surface area contributed by atoms with Crippen molar-refractivity contribution in [3.05, 3.63) is 29.3 Å². The first kappa shape index (κ1) is 14.3. The van der Waals surface area contributed by atoms with Crippen LogP contribution in [-0.4, -0.2) is 23.9 Å². The quantitative estimate of drug-likeness (QED) is 0.823. The predicted molar refractivity (Wildman–Crippen MR) is 70.4 cm³/mol. The number of halogens is 1. The van der Waals surface area contributed by atoms with Crippen LogP contribution in [0.4, 0.5) is 0 Å². The Morgan fingerprint density at radius 1 is 1.35 bits per heavy atom. The summed E-state index contributed by atoms with van der Waals surface area (Å²) in [5.41, 5.74) is 6.00. The van der Waals surface area contributed by atoms with E-state index in [-0.39, 0.29) is 12.6 Å². The Morgan fingerprint density at radius 3 is 2.53 bits per heavy atom. The molecule has 3 nitrogen and oxygen atoms in total. The van der Waals surface area contributed by atoms with Crippen molar-refractivity contribution >= 4 is 11.6 Å². The van der Waals surface area contributed by atoms with Crippen molar-refractivity contribution in [2.45, 2.75) is 32.4 Å². The van der Waals surface area contributed by atoms with Crippen LogP contribution >= 0.6 is 11.6 Å². The van der Waals surface area contributed by atoms with Crippen LogP contribution in [0, 0.1) is 5.92 Å². The molecule has 0 radical (unpaired) electrons. The molecule has 0 heterocycles. The van der Waals surface area contributed by atoms with E-state index in [0.29, 0.717) is 16.7 Å². The molecule has 1 rings (SSSR count). The van der Waals surface area contributed by atoms with Gasteiger partial charge in [-0.3, -0.25) is 0 Å². The Bertz CT molecular complexity index is 344. The lowest BCUT2D eigenvalue weighted by molar-refractivity contribution is 0.0882. The fourth-order valence-electron chi connectivity index (χ4n) is 1.66. The lowest BCUT2D eigenvalue weighted by Gasteiger charge is -2.25. The second-order valence-electron chi connectivity index (χ2n) is 4.56. The normalized spacial score (nSPS) is 14.7. The molecular weight excluding hydrogens is 238 g/mol. The van der Waals surface area contributed by atoms with Crippen molar-refractivity contribution in [1.82, 2.24) is 0 Å². The lowest BCUT2D eigenvalue weighted by atomic mass is 10.0. The van der Waals surface area contributed by atoms with E-state index in [1.165, 1.54) is 0 Å². The minimum atomic E-state index is -0.419. The number of benzene rings is 1. The number of rotatable bonds is 6. The molecule has 0 bridgehead atoms. The maximum atomic E-state index is 9.31. The zero-order valence-electron chi connectivity index (χ0n) is 10.3. The molecule has 17 heavy (non-hydrogen) atoms. The van der Waals surface area contributed by atoms with Gasteiger partial charge in [-0.15, -0.1) is 0 Å². The average Bonchev–Trinajstić information content (AvgIpc) is 2.27. The summed E-state index contributed by atoms with van der Waals surface area (Å²) in [6.07, 6.45) is 0.382. The Balaban J connectivity index is 2.66. The molecule has 0 amide bonds. The summed E-state index contributed by atoms with van der Waals surface area (Å²) in [7, 11) is 0. The second-order valence-corrected chi connectivity index (χ2v) is 4.97. The monoisotopic (exact) mass is 257 g/mol. The summed E-state index contributed by atoms with van der Waals surface area (Å²) in [6.45, 7) is 4.06. The second kappa shape index (κ2) is 6.84. The van der Waals surface area contributed by atoms with Gasteiger partial charge in [-0.2, -0.15) is 0 Å². The zero-order chi connectivity index (χ0) is 12.8. The molecule has 0 spiro atoms. The lowest BCUT2D eigenvalue weighted by Crippen LogP contribution is -2.42. The molecule has 0 aliphatic rings. The number of nitrogens with two attached hydrogens (primary N) is 1. The molecule has 0 aliphatic carbocycles. The number of hydrogen-bond acceptors (Lipinski definition) is 3. The van der Waals surface area contributed by atoms with Crippen molar-refractivity contribution in [1.29, 1.82) is 0 Å². The smallest absolute Gasteiger partial charge is 0.138 e. The van der Waals surface area contributed by atoms with E-state index in [0.717, 1.165) is 6.42 Å². The van der Waals surface area contributed by atoms with E-state index in [1.807, 2.05) is 12.1 Å². The highest BCUT2D eigenvalue weighted by molar-refractivity contribution is 6.32. The van der Waals surface area contributed by atoms with E-state index in [9.17, 15) is 5.11 Å². The van der Waals surface area contributed by atoms with Crippen LogP contribution in [0.2, 0.25) is 5.02 Å². The van der Waals surface area contributed by atoms with Gasteiger partial charge in [0.25, 0.3) is 0 Å². The molecule has 0 fully saturated rings. The first-order valence-corrected chi connectivity index (χ1v) is 6.20. The fourth-order valence-corrected chi connectivity index (χ4v) is 1.84. The Morgan fingerprint density at radius 2 is 2.00 bits per heavy atom. The predicted octanol–water partition coefficient (Wildman–Crippen LogP) is 2.45. The summed E-state index contributed by atoms with van der Waals surface area (Å²) in [4.78, 5) is 0. The van der Waals surface area contributed by atoms with Crippen LogP contribution < -0.4 is 10.5 Å². The average molecular weight is 258 g/mol. The Kier molecular flexibility index (Phi) is 5.75. The molecule has 0 saturated carbocycles. The van der Waals surface area contributed by atoms with E-state index in [1.54, 1.807) is 12.1 Å². The molecule has 0 saturated heterocycles. The van der Waals surface area contributed by atoms with Gasteiger partial charge >= 0.3 is 0 Å². The first-order chi connectivity index (χ1) is 8.04. The van der Waals surface area contributed by atoms with Gasteiger partial charge in [0.15, 0.2) is 0 Å². The van der Waals surface area contributed by atoms with Crippen LogP contribution in [0.3, 0.4) is 0 Å². The Hall–Kier alpha value is -0.770. The number of para-hydroxylation sites is 1. The summed E-state index contributed by atoms with van der Waals surface area (Å²) in [5, 5.41) is 9.84. The molecule has 4 heteroatoms. The van der Waals surface area contributed by atoms with Crippen LogP contribution in [0.15, 0.2) is 24.3 Å². The van der Waals surface area contributed by atoms with Gasteiger partial charge in [0.05, 0.1) is 11.6 Å². The minimum Gasteiger partial charge on any atom is -0.485 e. The third-order valence-electron chi connectivity index (χ3n) is 2.52. The number of hydrogen-bond donors (Lipinski definition) is 2. The summed E-state index contributed by atoms with van der Waals surface area (Å²) < 4.78 is 5.65. The fraction of sp³-hybridized carbons (Fsp3) is 0.538. The van der Waals surface area contributed by atoms with Crippen LogP contribution in [0.5, 0.6) is 5.75 Å². The molecule has 3 N–H and O–H groups in total. The maximum Gasteiger partial charge on any atom is 0.138 e. The van der Waals surface area contributed by atoms with Gasteiger partial charge in [-0.1, -0.05) is 37.6 Å². The van der Waals surface area contributed by atoms with Gasteiger partial charge < -0.3 is 15.6 Å². The largest absolute Gasteiger partial charge is 0.485 e. The molecule has 96 valence electrons. The SMILES string of the molecule is CC(C)CC(N)C(CO)Oc1ccccc1Cl. The third kappa shape index (κ3) is 4.54. The third-order valence-corrected chi connectivity index (χ3v) is 2.83. The van der Waals surface area contributed by atoms with E-state index >= 15 is 0 Å². The molecule has 0 aliphatic heterocycles. The Labute approximate surface area is 108 Å². The number of aliphatic hydroxyl groups is 1. The van der Waals surface area contributed by atoms with Crippen LogP contribution in [-0.2, 0) is 0 Å². The van der Waals surface area contributed by atoms with Crippen molar-refractivity contribution in [2.75, 3.05) is 6.61 Å². The topological polar surface area (TPSA) is 55.5 Å². The molecule has 2 unspecified atom stereocenters. The van der Waals surface area contributed by atoms with Gasteiger partial charge in [0.2, 0.25) is 0 Å². The summed E-state index contributed by atoms with van der Waals surface area (Å²) in [5.74, 6) is 1.03. The van der Waals surface area contributed by atoms with E-state index in [2.05, 4.69) is 13.8 Å². The molecule has 1 aromatic carbocycles. The minimum absolute atomic E-state index is 0.112. The summed E-state index contributed by atoms with van der Waals surface area (Å²) in [6, 6.07) is 6.99. The summed E-state index contributed by atoms with van der Waals surface area (Å²) >= 11 is 5.99. The van der Waals surface area contributed by atoms with Gasteiger partial charge in [-0.05, 0) is 24.5 Å². The van der Waals surface area contributed by atoms with Crippen molar-refractivity contribution in [3.63, 3.8) is 0 Å². The number of ether oxygens (including phenoxy) is 1. The van der Waals surface area contributed by atoms with Gasteiger partial charge in [0, 0.05) is 6.04 Å². The van der Waals surface area contributed by atoms with Crippen LogP contribution in [0.1, 0.15) is 20.3 Å². The zero-order valence-corrected chi connectivity index (χ0v) is 11.0. The maximum absolute atomic E-state index is 9.31. The molecule has 1 aromatic rings. The molecule has 2 atom stereocenters. The number of aliphatic hydroxyl groups excluding tert-OH is 1. The van der Waals surface area contributed by atoms with E-state index in [4.69, 9.17) is 22.1 Å². The van der Waals surface area contributed by atoms with Gasteiger partial charge in [-0.25, -0.2) is 0 Å². The van der Waals surface area contributed by atoms with Crippen LogP contribution in [0.25, 0.3) is 0 Å². The standard InChI is InChI=1S/C13H20ClNO2/c1-9(2)7-11(15)13(8-16)17-12-6-4-3-5-10(12)14/h3-6,9,11,13,16H,7-8,15H2,1-2H3. The highest BCUT2D eigenvalue weighted by atomic mass is 35.5. The highest BCUT2D eigenvalue weighted by Crippen LogP contribution is 2.25. The highest BCUT2D eigenvalue weighted by Gasteiger charge is 2.20. The van der Waals surface area contributed by atoms with E-state index < -0.39 is 6.10 Å². The first-order valence-electron chi connectivity index (χ1n) is 5.82. The molecular formula is C13H20ClNO2. The molecule has 0 aromatic heterocycles. The van der Waals surface area contributed by atoms with Crippen molar-refractivity contribution < 1.29 is 9.84 Å². The van der Waals surface area contributed by atoms with Gasteiger partial charge in [0.1, 0.15) is 11.9 Å². The van der Waals surface area contributed by atoms with Crippen molar-refractivity contribution in [2.24, 2.45) is 11.7 Å².